The monoisotopic (exact) mass is 878 g/mol. The Balaban J connectivity index is 1.00. The van der Waals surface area contributed by atoms with Crippen molar-refractivity contribution in [3.8, 4) is 50.2 Å². The first kappa shape index (κ1) is 40.3. The summed E-state index contributed by atoms with van der Waals surface area (Å²) >= 11 is 0. The number of fused-ring (bicyclic) bond motifs is 6. The van der Waals surface area contributed by atoms with Crippen molar-refractivity contribution in [3.63, 3.8) is 0 Å². The highest BCUT2D eigenvalue weighted by atomic mass is 15.1. The van der Waals surface area contributed by atoms with Crippen molar-refractivity contribution < 1.29 is 0 Å². The van der Waals surface area contributed by atoms with Crippen molar-refractivity contribution >= 4 is 38.9 Å². The molecule has 1 aromatic heterocycles. The Morgan fingerprint density at radius 1 is 0.275 bits per heavy atom. The van der Waals surface area contributed by atoms with Crippen molar-refractivity contribution in [2.24, 2.45) is 0 Å². The van der Waals surface area contributed by atoms with Gasteiger partial charge in [-0.15, -0.1) is 0 Å². The van der Waals surface area contributed by atoms with E-state index in [0.29, 0.717) is 0 Å². The maximum absolute atomic E-state index is 2.45. The minimum absolute atomic E-state index is 0.470. The molecule has 0 bridgehead atoms. The lowest BCUT2D eigenvalue weighted by Gasteiger charge is -2.34. The molecule has 0 fully saturated rings. The molecule has 69 heavy (non-hydrogen) atoms. The number of rotatable bonds is 9. The highest BCUT2D eigenvalue weighted by Gasteiger charge is 2.46. The lowest BCUT2D eigenvalue weighted by atomic mass is 9.67. The Kier molecular flexibility index (Phi) is 9.77. The second kappa shape index (κ2) is 16.7. The number of hydrogen-bond acceptors (Lipinski definition) is 1. The fourth-order valence-corrected chi connectivity index (χ4v) is 11.2. The summed E-state index contributed by atoms with van der Waals surface area (Å²) in [5, 5.41) is 2.45. The van der Waals surface area contributed by atoms with Gasteiger partial charge >= 0.3 is 0 Å². The molecular weight excluding hydrogens is 833 g/mol. The molecule has 0 N–H and O–H groups in total. The smallest absolute Gasteiger partial charge is 0.0713 e. The first-order chi connectivity index (χ1) is 34.2. The van der Waals surface area contributed by atoms with Crippen LogP contribution in [0.1, 0.15) is 22.3 Å². The molecule has 0 atom stereocenters. The van der Waals surface area contributed by atoms with Crippen molar-refractivity contribution in [1.29, 1.82) is 0 Å². The molecule has 0 unspecified atom stereocenters. The van der Waals surface area contributed by atoms with Crippen LogP contribution in [0.15, 0.2) is 279 Å². The third kappa shape index (κ3) is 6.72. The Morgan fingerprint density at radius 2 is 0.768 bits per heavy atom. The molecular formula is C67H46N2. The number of nitrogens with zero attached hydrogens (tertiary/aromatic N) is 2. The van der Waals surface area contributed by atoms with Crippen molar-refractivity contribution in [2.75, 3.05) is 4.90 Å². The van der Waals surface area contributed by atoms with Gasteiger partial charge in [-0.3, -0.25) is 0 Å². The molecule has 0 spiro atoms. The highest BCUT2D eigenvalue weighted by Crippen LogP contribution is 2.57. The molecule has 1 aliphatic rings. The molecule has 0 radical (unpaired) electrons. The number of aromatic nitrogens is 1. The van der Waals surface area contributed by atoms with E-state index in [2.05, 4.69) is 289 Å². The summed E-state index contributed by atoms with van der Waals surface area (Å²) in [5.74, 6) is 0. The average Bonchev–Trinajstić information content (AvgIpc) is 3.92. The fraction of sp³-hybridized carbons (Fsp3) is 0.0149. The summed E-state index contributed by atoms with van der Waals surface area (Å²) in [5.41, 5.74) is 21.0. The quantitative estimate of drug-likeness (QED) is 0.140. The van der Waals surface area contributed by atoms with E-state index in [1.807, 2.05) is 0 Å². The van der Waals surface area contributed by atoms with E-state index >= 15 is 0 Å². The maximum atomic E-state index is 2.45. The third-order valence-corrected chi connectivity index (χ3v) is 14.2. The van der Waals surface area contributed by atoms with Gasteiger partial charge in [0, 0.05) is 33.5 Å². The van der Waals surface area contributed by atoms with Gasteiger partial charge in [-0.2, -0.15) is 0 Å². The van der Waals surface area contributed by atoms with Crippen LogP contribution >= 0.6 is 0 Å². The summed E-state index contributed by atoms with van der Waals surface area (Å²) in [7, 11) is 0. The van der Waals surface area contributed by atoms with Gasteiger partial charge in [-0.05, 0) is 133 Å². The molecule has 1 aliphatic carbocycles. The van der Waals surface area contributed by atoms with Crippen LogP contribution in [0.3, 0.4) is 0 Å². The van der Waals surface area contributed by atoms with Gasteiger partial charge in [0.05, 0.1) is 16.4 Å². The molecule has 12 aromatic rings. The van der Waals surface area contributed by atoms with Crippen LogP contribution in [0.2, 0.25) is 0 Å². The number of benzene rings is 11. The van der Waals surface area contributed by atoms with Gasteiger partial charge < -0.3 is 9.47 Å². The van der Waals surface area contributed by atoms with Gasteiger partial charge in [-0.25, -0.2) is 0 Å². The largest absolute Gasteiger partial charge is 0.310 e. The van der Waals surface area contributed by atoms with E-state index < -0.39 is 5.41 Å². The summed E-state index contributed by atoms with van der Waals surface area (Å²) in [4.78, 5) is 2.43. The Bertz CT molecular complexity index is 3700. The first-order valence-corrected chi connectivity index (χ1v) is 23.8. The zero-order valence-electron chi connectivity index (χ0n) is 38.0. The van der Waals surface area contributed by atoms with Gasteiger partial charge in [0.25, 0.3) is 0 Å². The van der Waals surface area contributed by atoms with Crippen LogP contribution in [0.5, 0.6) is 0 Å². The molecule has 11 aromatic carbocycles. The lowest BCUT2D eigenvalue weighted by Crippen LogP contribution is -2.28. The van der Waals surface area contributed by atoms with Crippen LogP contribution in [0, 0.1) is 0 Å². The molecule has 0 saturated heterocycles. The molecule has 1 heterocycles. The Hall–Kier alpha value is -8.98. The molecule has 0 aliphatic heterocycles. The molecule has 13 rings (SSSR count). The summed E-state index contributed by atoms with van der Waals surface area (Å²) in [6.45, 7) is 0. The van der Waals surface area contributed by atoms with Crippen LogP contribution in [0.4, 0.5) is 17.1 Å². The molecule has 0 amide bonds. The van der Waals surface area contributed by atoms with Gasteiger partial charge in [0.1, 0.15) is 0 Å². The predicted molar refractivity (Wildman–Crippen MR) is 289 cm³/mol. The zero-order valence-corrected chi connectivity index (χ0v) is 38.0. The van der Waals surface area contributed by atoms with Crippen LogP contribution in [-0.4, -0.2) is 4.57 Å². The van der Waals surface area contributed by atoms with E-state index in [4.69, 9.17) is 0 Å². The Labute approximate surface area is 403 Å². The van der Waals surface area contributed by atoms with E-state index in [9.17, 15) is 0 Å². The first-order valence-electron chi connectivity index (χ1n) is 23.8. The van der Waals surface area contributed by atoms with Crippen molar-refractivity contribution in [3.05, 3.63) is 301 Å². The van der Waals surface area contributed by atoms with E-state index in [0.717, 1.165) is 45.0 Å². The maximum Gasteiger partial charge on any atom is 0.0713 e. The molecule has 324 valence electrons. The standard InChI is InChI=1S/C67H46N2/c1-6-20-47(21-7-1)51-42-52(48-22-8-2-9-23-48)44-58(43-51)68(57-39-41-62-61-31-17-19-33-65(61)69(66(62)46-57)55-28-14-5-15-29-55)56-37-34-49(35-38-56)50-36-40-60-59-30-16-18-32-63(59)67(64(60)45-50,53-24-10-3-11-25-53)54-26-12-4-13-27-54/h1-46H. The molecule has 0 saturated carbocycles. The Morgan fingerprint density at radius 3 is 1.42 bits per heavy atom. The average molecular weight is 879 g/mol. The van der Waals surface area contributed by atoms with Gasteiger partial charge in [-0.1, -0.05) is 212 Å². The van der Waals surface area contributed by atoms with E-state index in [-0.39, 0.29) is 0 Å². The SMILES string of the molecule is c1ccc(-c2cc(-c3ccccc3)cc(N(c3ccc(-c4ccc5c(c4)C(c4ccccc4)(c4ccccc4)c4ccccc4-5)cc3)c3ccc4c5ccccc5n(-c5ccccc5)c4c3)c2)cc1. The minimum Gasteiger partial charge on any atom is -0.310 e. The summed E-state index contributed by atoms with van der Waals surface area (Å²) < 4.78 is 2.41. The predicted octanol–water partition coefficient (Wildman–Crippen LogP) is 17.6. The number of para-hydroxylation sites is 2. The summed E-state index contributed by atoms with van der Waals surface area (Å²) in [6, 6.07) is 102. The van der Waals surface area contributed by atoms with Crippen molar-refractivity contribution in [1.82, 2.24) is 4.57 Å². The van der Waals surface area contributed by atoms with Gasteiger partial charge in [0.15, 0.2) is 0 Å². The third-order valence-electron chi connectivity index (χ3n) is 14.2. The normalized spacial score (nSPS) is 12.5. The minimum atomic E-state index is -0.470. The van der Waals surface area contributed by atoms with Crippen LogP contribution in [0.25, 0.3) is 72.0 Å². The number of hydrogen-bond donors (Lipinski definition) is 0. The summed E-state index contributed by atoms with van der Waals surface area (Å²) in [6.07, 6.45) is 0. The molecule has 2 heteroatoms. The van der Waals surface area contributed by atoms with Crippen LogP contribution in [-0.2, 0) is 5.41 Å². The molecule has 2 nitrogen and oxygen atoms in total. The van der Waals surface area contributed by atoms with E-state index in [1.54, 1.807) is 0 Å². The van der Waals surface area contributed by atoms with Crippen LogP contribution < -0.4 is 4.90 Å². The fourth-order valence-electron chi connectivity index (χ4n) is 11.2. The van der Waals surface area contributed by atoms with Crippen molar-refractivity contribution in [2.45, 2.75) is 5.41 Å². The topological polar surface area (TPSA) is 8.17 Å². The number of anilines is 3. The van der Waals surface area contributed by atoms with E-state index in [1.165, 1.54) is 66.4 Å². The zero-order chi connectivity index (χ0) is 45.7. The second-order valence-electron chi connectivity index (χ2n) is 18.1. The van der Waals surface area contributed by atoms with Gasteiger partial charge in [0.2, 0.25) is 0 Å². The second-order valence-corrected chi connectivity index (χ2v) is 18.1. The highest BCUT2D eigenvalue weighted by molar-refractivity contribution is 6.10. The lowest BCUT2D eigenvalue weighted by molar-refractivity contribution is 0.769.